The van der Waals surface area contributed by atoms with Crippen LogP contribution in [-0.2, 0) is 22.5 Å². The van der Waals surface area contributed by atoms with E-state index in [9.17, 15) is 4.79 Å². The van der Waals surface area contributed by atoms with Gasteiger partial charge in [0.15, 0.2) is 11.5 Å². The number of thiazole rings is 1. The van der Waals surface area contributed by atoms with Crippen LogP contribution in [-0.4, -0.2) is 47.0 Å². The van der Waals surface area contributed by atoms with E-state index in [-0.39, 0.29) is 12.4 Å². The number of esters is 1. The number of aromatic nitrogens is 3. The third kappa shape index (κ3) is 6.05. The van der Waals surface area contributed by atoms with Gasteiger partial charge in [-0.2, -0.15) is 5.10 Å². The molecule has 158 valence electrons. The Hall–Kier alpha value is -3.40. The number of carbonyl (C=O) groups excluding carboxylic acids is 1. The molecule has 0 aliphatic rings. The Morgan fingerprint density at radius 2 is 2.30 bits per heavy atom. The van der Waals surface area contributed by atoms with Crippen molar-refractivity contribution in [3.05, 3.63) is 53.6 Å². The predicted molar refractivity (Wildman–Crippen MR) is 114 cm³/mol. The summed E-state index contributed by atoms with van der Waals surface area (Å²) in [6, 6.07) is 5.58. The van der Waals surface area contributed by atoms with Gasteiger partial charge in [0.25, 0.3) is 0 Å². The number of para-hydroxylation sites is 1. The highest BCUT2D eigenvalue weighted by atomic mass is 32.1. The summed E-state index contributed by atoms with van der Waals surface area (Å²) in [5.41, 5.74) is 4.28. The third-order valence-electron chi connectivity index (χ3n) is 3.93. The highest BCUT2D eigenvalue weighted by molar-refractivity contribution is 7.13. The Balaban J connectivity index is 1.61. The molecule has 0 aliphatic heterocycles. The van der Waals surface area contributed by atoms with Crippen LogP contribution >= 0.6 is 11.3 Å². The maximum absolute atomic E-state index is 11.5. The van der Waals surface area contributed by atoms with E-state index in [0.29, 0.717) is 42.1 Å². The fraction of sp³-hybridized carbons (Fsp3) is 0.300. The fourth-order valence-corrected chi connectivity index (χ4v) is 3.24. The minimum absolute atomic E-state index is 0.139. The topological polar surface area (TPSA) is 99.9 Å². The average molecular weight is 430 g/mol. The number of methoxy groups -OCH3 is 1. The molecule has 9 nitrogen and oxygen atoms in total. The van der Waals surface area contributed by atoms with Crippen molar-refractivity contribution in [2.75, 3.05) is 25.7 Å². The molecule has 0 bridgehead atoms. The average Bonchev–Trinajstić information content (AvgIpc) is 3.41. The van der Waals surface area contributed by atoms with E-state index in [0.717, 1.165) is 5.56 Å². The lowest BCUT2D eigenvalue weighted by Gasteiger charge is -2.13. The van der Waals surface area contributed by atoms with Crippen molar-refractivity contribution in [1.29, 1.82) is 0 Å². The number of imidazole rings is 1. The summed E-state index contributed by atoms with van der Waals surface area (Å²) in [5, 5.41) is 6.62. The lowest BCUT2D eigenvalue weighted by Crippen LogP contribution is -2.08. The minimum Gasteiger partial charge on any atom is -0.493 e. The second kappa shape index (κ2) is 11.0. The molecule has 0 fully saturated rings. The van der Waals surface area contributed by atoms with Crippen LogP contribution in [0.4, 0.5) is 5.13 Å². The van der Waals surface area contributed by atoms with E-state index < -0.39 is 0 Å². The van der Waals surface area contributed by atoms with Crippen molar-refractivity contribution in [3.63, 3.8) is 0 Å². The first-order valence-electron chi connectivity index (χ1n) is 9.34. The molecular formula is C20H23N5O4S. The van der Waals surface area contributed by atoms with Crippen LogP contribution in [0.3, 0.4) is 0 Å². The Morgan fingerprint density at radius 1 is 1.40 bits per heavy atom. The highest BCUT2D eigenvalue weighted by Gasteiger charge is 2.10. The summed E-state index contributed by atoms with van der Waals surface area (Å²) >= 11 is 1.36. The zero-order valence-electron chi connectivity index (χ0n) is 16.8. The van der Waals surface area contributed by atoms with Gasteiger partial charge in [0.2, 0.25) is 5.13 Å². The van der Waals surface area contributed by atoms with Crippen LogP contribution in [0.5, 0.6) is 11.5 Å². The minimum atomic E-state index is -0.299. The number of hydrogen-bond donors (Lipinski definition) is 1. The van der Waals surface area contributed by atoms with E-state index in [1.54, 1.807) is 38.2 Å². The van der Waals surface area contributed by atoms with Gasteiger partial charge in [-0.3, -0.25) is 10.2 Å². The number of hydrazone groups is 1. The van der Waals surface area contributed by atoms with Crippen LogP contribution in [0.2, 0.25) is 0 Å². The normalized spacial score (nSPS) is 10.9. The van der Waals surface area contributed by atoms with Gasteiger partial charge in [-0.05, 0) is 19.1 Å². The zero-order valence-corrected chi connectivity index (χ0v) is 17.6. The Bertz CT molecular complexity index is 971. The summed E-state index contributed by atoms with van der Waals surface area (Å²) in [5.74, 6) is 0.926. The highest BCUT2D eigenvalue weighted by Crippen LogP contribution is 2.30. The van der Waals surface area contributed by atoms with Gasteiger partial charge < -0.3 is 18.8 Å². The Labute approximate surface area is 178 Å². The van der Waals surface area contributed by atoms with Crippen molar-refractivity contribution in [3.8, 4) is 11.5 Å². The summed E-state index contributed by atoms with van der Waals surface area (Å²) in [7, 11) is 1.60. The molecule has 0 atom stereocenters. The molecule has 0 saturated carbocycles. The first-order valence-corrected chi connectivity index (χ1v) is 10.2. The number of hydrogen-bond acceptors (Lipinski definition) is 9. The van der Waals surface area contributed by atoms with E-state index >= 15 is 0 Å². The Morgan fingerprint density at radius 3 is 3.07 bits per heavy atom. The monoisotopic (exact) mass is 429 g/mol. The van der Waals surface area contributed by atoms with Gasteiger partial charge in [-0.25, -0.2) is 9.97 Å². The maximum Gasteiger partial charge on any atom is 0.311 e. The van der Waals surface area contributed by atoms with E-state index in [1.165, 1.54) is 11.3 Å². The lowest BCUT2D eigenvalue weighted by atomic mass is 10.2. The molecule has 1 N–H and O–H groups in total. The van der Waals surface area contributed by atoms with Crippen molar-refractivity contribution >= 4 is 28.7 Å². The number of nitrogens with one attached hydrogen (secondary N) is 1. The molecule has 3 rings (SSSR count). The maximum atomic E-state index is 11.5. The molecule has 0 aliphatic carbocycles. The molecule has 10 heteroatoms. The number of nitrogens with zero attached hydrogens (tertiary/aromatic N) is 4. The van der Waals surface area contributed by atoms with Crippen molar-refractivity contribution < 1.29 is 19.0 Å². The molecule has 1 aromatic carbocycles. The number of ether oxygens (including phenoxy) is 3. The van der Waals surface area contributed by atoms with Gasteiger partial charge in [0.1, 0.15) is 6.61 Å². The zero-order chi connectivity index (χ0) is 21.2. The van der Waals surface area contributed by atoms with E-state index in [2.05, 4.69) is 20.5 Å². The molecule has 2 heterocycles. The molecule has 2 aromatic heterocycles. The third-order valence-corrected chi connectivity index (χ3v) is 4.73. The van der Waals surface area contributed by atoms with Gasteiger partial charge in [-0.15, -0.1) is 11.3 Å². The molecule has 0 saturated heterocycles. The van der Waals surface area contributed by atoms with Crippen LogP contribution < -0.4 is 14.9 Å². The molecule has 0 amide bonds. The van der Waals surface area contributed by atoms with Crippen LogP contribution in [0.25, 0.3) is 0 Å². The largest absolute Gasteiger partial charge is 0.493 e. The standard InChI is InChI=1S/C20H23N5O4S/c1-3-28-18(26)11-16-13-30-20(23-16)24-22-12-15-5-4-6-17(27-2)19(15)29-10-9-25-8-7-21-14-25/h4-8,12-14H,3,9-11H2,1-2H3,(H,23,24). The number of carbonyl (C=O) groups is 1. The quantitative estimate of drug-likeness (QED) is 0.284. The van der Waals surface area contributed by atoms with E-state index in [1.807, 2.05) is 29.0 Å². The van der Waals surface area contributed by atoms with Gasteiger partial charge in [-0.1, -0.05) is 6.07 Å². The summed E-state index contributed by atoms with van der Waals surface area (Å²) in [6.45, 7) is 3.24. The van der Waals surface area contributed by atoms with Crippen molar-refractivity contribution in [2.45, 2.75) is 19.9 Å². The number of benzene rings is 1. The Kier molecular flexibility index (Phi) is 7.78. The van der Waals surface area contributed by atoms with Gasteiger partial charge in [0.05, 0.1) is 44.9 Å². The molecule has 3 aromatic rings. The van der Waals surface area contributed by atoms with Gasteiger partial charge in [0, 0.05) is 23.3 Å². The van der Waals surface area contributed by atoms with Crippen molar-refractivity contribution in [1.82, 2.24) is 14.5 Å². The van der Waals surface area contributed by atoms with Gasteiger partial charge >= 0.3 is 5.97 Å². The van der Waals surface area contributed by atoms with Crippen LogP contribution in [0.15, 0.2) is 47.4 Å². The lowest BCUT2D eigenvalue weighted by molar-refractivity contribution is -0.142. The number of anilines is 1. The predicted octanol–water partition coefficient (Wildman–Crippen LogP) is 2.98. The van der Waals surface area contributed by atoms with E-state index in [4.69, 9.17) is 14.2 Å². The first-order chi connectivity index (χ1) is 14.7. The summed E-state index contributed by atoms with van der Waals surface area (Å²) in [6.07, 6.45) is 7.12. The molecular weight excluding hydrogens is 406 g/mol. The SMILES string of the molecule is CCOC(=O)Cc1csc(NN=Cc2cccc(OC)c2OCCn2ccnc2)n1. The van der Waals surface area contributed by atoms with Crippen molar-refractivity contribution in [2.24, 2.45) is 5.10 Å². The summed E-state index contributed by atoms with van der Waals surface area (Å²) < 4.78 is 18.2. The fourth-order valence-electron chi connectivity index (χ4n) is 2.58. The second-order valence-electron chi connectivity index (χ2n) is 6.02. The smallest absolute Gasteiger partial charge is 0.311 e. The van der Waals surface area contributed by atoms with Crippen LogP contribution in [0, 0.1) is 0 Å². The molecule has 0 spiro atoms. The summed E-state index contributed by atoms with van der Waals surface area (Å²) in [4.78, 5) is 19.9. The molecule has 0 radical (unpaired) electrons. The molecule has 0 unspecified atom stereocenters. The number of rotatable bonds is 11. The van der Waals surface area contributed by atoms with Crippen LogP contribution in [0.1, 0.15) is 18.2 Å². The first kappa shape index (κ1) is 21.3. The second-order valence-corrected chi connectivity index (χ2v) is 6.88. The molecule has 30 heavy (non-hydrogen) atoms.